The van der Waals surface area contributed by atoms with E-state index in [0.717, 1.165) is 19.4 Å². The van der Waals surface area contributed by atoms with Gasteiger partial charge < -0.3 is 4.90 Å². The second kappa shape index (κ2) is 6.62. The van der Waals surface area contributed by atoms with Crippen LogP contribution in [0.2, 0.25) is 0 Å². The predicted molar refractivity (Wildman–Crippen MR) is 66.2 cm³/mol. The molecule has 0 aliphatic carbocycles. The number of halogens is 1. The Morgan fingerprint density at radius 3 is 2.60 bits per heavy atom. The molecule has 0 heterocycles. The average Bonchev–Trinajstić information content (AvgIpc) is 2.29. The fraction of sp³-hybridized carbons (Fsp3) is 0.417. The first kappa shape index (κ1) is 12.2. The molecule has 1 aromatic carbocycles. The third-order valence-electron chi connectivity index (χ3n) is 2.34. The van der Waals surface area contributed by atoms with Crippen LogP contribution in [-0.2, 0) is 11.2 Å². The summed E-state index contributed by atoms with van der Waals surface area (Å²) in [6, 6.07) is 10.3. The van der Waals surface area contributed by atoms with Gasteiger partial charge in [0, 0.05) is 13.6 Å². The maximum atomic E-state index is 11.2. The Morgan fingerprint density at radius 1 is 1.33 bits per heavy atom. The van der Waals surface area contributed by atoms with Crippen LogP contribution in [-0.4, -0.2) is 29.7 Å². The average molecular weight is 270 g/mol. The predicted octanol–water partition coefficient (Wildman–Crippen LogP) is 2.47. The second-order valence-electron chi connectivity index (χ2n) is 3.54. The third kappa shape index (κ3) is 4.47. The smallest absolute Gasteiger partial charge is 0.232 e. The lowest BCUT2D eigenvalue weighted by Crippen LogP contribution is -2.28. The van der Waals surface area contributed by atoms with Crippen LogP contribution < -0.4 is 0 Å². The van der Waals surface area contributed by atoms with E-state index in [9.17, 15) is 4.79 Å². The van der Waals surface area contributed by atoms with Crippen LogP contribution in [0, 0.1) is 0 Å². The van der Waals surface area contributed by atoms with Crippen LogP contribution in [0.25, 0.3) is 0 Å². The van der Waals surface area contributed by atoms with Crippen molar-refractivity contribution in [1.82, 2.24) is 4.90 Å². The Morgan fingerprint density at radius 2 is 2.00 bits per heavy atom. The molecule has 0 bridgehead atoms. The van der Waals surface area contributed by atoms with Gasteiger partial charge in [-0.2, -0.15) is 0 Å². The molecule has 0 spiro atoms. The highest BCUT2D eigenvalue weighted by atomic mass is 79.9. The summed E-state index contributed by atoms with van der Waals surface area (Å²) in [5.41, 5.74) is 1.33. The Kier molecular flexibility index (Phi) is 5.40. The molecule has 0 aliphatic rings. The zero-order valence-electron chi connectivity index (χ0n) is 8.95. The van der Waals surface area contributed by atoms with E-state index in [1.54, 1.807) is 4.90 Å². The number of carbonyl (C=O) groups is 1. The summed E-state index contributed by atoms with van der Waals surface area (Å²) in [6.45, 7) is 0.819. The van der Waals surface area contributed by atoms with Crippen molar-refractivity contribution in [1.29, 1.82) is 0 Å². The van der Waals surface area contributed by atoms with Gasteiger partial charge in [-0.05, 0) is 18.4 Å². The van der Waals surface area contributed by atoms with Gasteiger partial charge in [-0.15, -0.1) is 0 Å². The van der Waals surface area contributed by atoms with E-state index in [4.69, 9.17) is 0 Å². The highest BCUT2D eigenvalue weighted by Gasteiger charge is 2.05. The Hall–Kier alpha value is -0.830. The number of aryl methyl sites for hydroxylation is 1. The Bertz CT molecular complexity index is 300. The minimum absolute atomic E-state index is 0.142. The highest BCUT2D eigenvalue weighted by molar-refractivity contribution is 9.09. The second-order valence-corrected chi connectivity index (χ2v) is 4.10. The van der Waals surface area contributed by atoms with E-state index in [1.165, 1.54) is 5.56 Å². The van der Waals surface area contributed by atoms with Gasteiger partial charge in [-0.1, -0.05) is 46.3 Å². The van der Waals surface area contributed by atoms with Gasteiger partial charge in [0.15, 0.2) is 0 Å². The molecule has 0 radical (unpaired) electrons. The Balaban J connectivity index is 2.25. The fourth-order valence-electron chi connectivity index (χ4n) is 1.39. The van der Waals surface area contributed by atoms with Crippen molar-refractivity contribution in [2.75, 3.05) is 18.9 Å². The SMILES string of the molecule is CN(CCCc1ccccc1)C(=O)CBr. The molecule has 15 heavy (non-hydrogen) atoms. The molecule has 0 fully saturated rings. The van der Waals surface area contributed by atoms with E-state index in [1.807, 2.05) is 25.2 Å². The largest absolute Gasteiger partial charge is 0.345 e. The van der Waals surface area contributed by atoms with E-state index in [0.29, 0.717) is 5.33 Å². The number of nitrogens with zero attached hydrogens (tertiary/aromatic N) is 1. The van der Waals surface area contributed by atoms with Crippen molar-refractivity contribution in [3.05, 3.63) is 35.9 Å². The quantitative estimate of drug-likeness (QED) is 0.753. The molecule has 82 valence electrons. The lowest BCUT2D eigenvalue weighted by atomic mass is 10.1. The topological polar surface area (TPSA) is 20.3 Å². The van der Waals surface area contributed by atoms with E-state index >= 15 is 0 Å². The molecule has 1 aromatic rings. The van der Waals surface area contributed by atoms with Gasteiger partial charge in [0.25, 0.3) is 0 Å². The molecule has 1 rings (SSSR count). The van der Waals surface area contributed by atoms with Crippen LogP contribution in [0.1, 0.15) is 12.0 Å². The number of alkyl halides is 1. The molecular weight excluding hydrogens is 254 g/mol. The zero-order valence-corrected chi connectivity index (χ0v) is 10.5. The number of hydrogen-bond acceptors (Lipinski definition) is 1. The lowest BCUT2D eigenvalue weighted by molar-refractivity contribution is -0.127. The summed E-state index contributed by atoms with van der Waals surface area (Å²) in [5.74, 6) is 0.142. The summed E-state index contributed by atoms with van der Waals surface area (Å²) >= 11 is 3.16. The van der Waals surface area contributed by atoms with Crippen LogP contribution in [0.3, 0.4) is 0 Å². The minimum atomic E-state index is 0.142. The summed E-state index contributed by atoms with van der Waals surface area (Å²) in [5, 5.41) is 0.412. The van der Waals surface area contributed by atoms with Crippen LogP contribution in [0.4, 0.5) is 0 Å². The normalized spacial score (nSPS) is 10.0. The lowest BCUT2D eigenvalue weighted by Gasteiger charge is -2.15. The first-order valence-corrected chi connectivity index (χ1v) is 6.20. The number of hydrogen-bond donors (Lipinski definition) is 0. The summed E-state index contributed by atoms with van der Waals surface area (Å²) in [4.78, 5) is 13.0. The maximum absolute atomic E-state index is 11.2. The van der Waals surface area contributed by atoms with Gasteiger partial charge >= 0.3 is 0 Å². The van der Waals surface area contributed by atoms with Gasteiger partial charge in [0.05, 0.1) is 5.33 Å². The minimum Gasteiger partial charge on any atom is -0.345 e. The summed E-state index contributed by atoms with van der Waals surface area (Å²) in [6.07, 6.45) is 2.04. The number of rotatable bonds is 5. The molecule has 2 nitrogen and oxygen atoms in total. The standard InChI is InChI=1S/C12H16BrNO/c1-14(12(15)10-13)9-5-8-11-6-3-2-4-7-11/h2-4,6-7H,5,8-10H2,1H3. The van der Waals surface area contributed by atoms with E-state index in [2.05, 4.69) is 28.1 Å². The van der Waals surface area contributed by atoms with Crippen molar-refractivity contribution in [2.24, 2.45) is 0 Å². The first-order chi connectivity index (χ1) is 7.24. The molecule has 0 saturated carbocycles. The van der Waals surface area contributed by atoms with Gasteiger partial charge in [-0.3, -0.25) is 4.79 Å². The summed E-state index contributed by atoms with van der Waals surface area (Å²) in [7, 11) is 1.84. The van der Waals surface area contributed by atoms with Crippen molar-refractivity contribution in [3.63, 3.8) is 0 Å². The van der Waals surface area contributed by atoms with Crippen molar-refractivity contribution < 1.29 is 4.79 Å². The van der Waals surface area contributed by atoms with Crippen LogP contribution >= 0.6 is 15.9 Å². The number of amides is 1. The van der Waals surface area contributed by atoms with Crippen molar-refractivity contribution in [3.8, 4) is 0 Å². The van der Waals surface area contributed by atoms with Crippen LogP contribution in [0.5, 0.6) is 0 Å². The molecule has 0 aromatic heterocycles. The first-order valence-electron chi connectivity index (χ1n) is 5.08. The monoisotopic (exact) mass is 269 g/mol. The zero-order chi connectivity index (χ0) is 11.1. The maximum Gasteiger partial charge on any atom is 0.232 e. The molecule has 0 saturated heterocycles. The van der Waals surface area contributed by atoms with E-state index < -0.39 is 0 Å². The molecular formula is C12H16BrNO. The Labute approximate surface area is 99.4 Å². The van der Waals surface area contributed by atoms with Crippen molar-refractivity contribution in [2.45, 2.75) is 12.8 Å². The highest BCUT2D eigenvalue weighted by Crippen LogP contribution is 2.03. The number of carbonyl (C=O) groups excluding carboxylic acids is 1. The molecule has 1 amide bonds. The molecule has 3 heteroatoms. The molecule has 0 aliphatic heterocycles. The molecule has 0 atom stereocenters. The molecule has 0 N–H and O–H groups in total. The van der Waals surface area contributed by atoms with Gasteiger partial charge in [0.1, 0.15) is 0 Å². The van der Waals surface area contributed by atoms with E-state index in [-0.39, 0.29) is 5.91 Å². The molecule has 0 unspecified atom stereocenters. The van der Waals surface area contributed by atoms with Crippen LogP contribution in [0.15, 0.2) is 30.3 Å². The fourth-order valence-corrected chi connectivity index (χ4v) is 1.82. The number of benzene rings is 1. The summed E-state index contributed by atoms with van der Waals surface area (Å²) < 4.78 is 0. The van der Waals surface area contributed by atoms with Gasteiger partial charge in [-0.25, -0.2) is 0 Å². The van der Waals surface area contributed by atoms with Gasteiger partial charge in [0.2, 0.25) is 5.91 Å². The van der Waals surface area contributed by atoms with Crippen molar-refractivity contribution >= 4 is 21.8 Å². The third-order valence-corrected chi connectivity index (χ3v) is 2.82.